The molecule has 0 atom stereocenters. The number of benzene rings is 1. The fourth-order valence-corrected chi connectivity index (χ4v) is 2.23. The van der Waals surface area contributed by atoms with E-state index in [9.17, 15) is 8.42 Å². The Kier molecular flexibility index (Phi) is 4.02. The van der Waals surface area contributed by atoms with Gasteiger partial charge in [0.15, 0.2) is 10.9 Å². The molecule has 106 valence electrons. The lowest BCUT2D eigenvalue weighted by molar-refractivity contribution is 0.598. The zero-order valence-corrected chi connectivity index (χ0v) is 12.2. The van der Waals surface area contributed by atoms with Crippen LogP contribution in [0.15, 0.2) is 41.4 Å². The van der Waals surface area contributed by atoms with Crippen molar-refractivity contribution in [1.82, 2.24) is 9.78 Å². The third kappa shape index (κ3) is 3.76. The third-order valence-electron chi connectivity index (χ3n) is 2.40. The van der Waals surface area contributed by atoms with Gasteiger partial charge in [-0.15, -0.1) is 0 Å². The largest absolute Gasteiger partial charge is 0.332 e. The number of thiocarbonyl (C=S) groups is 1. The second-order valence-corrected chi connectivity index (χ2v) is 5.99. The molecule has 0 aliphatic heterocycles. The lowest BCUT2D eigenvalue weighted by Crippen LogP contribution is -2.19. The van der Waals surface area contributed by atoms with E-state index in [0.29, 0.717) is 16.6 Å². The summed E-state index contributed by atoms with van der Waals surface area (Å²) in [5.41, 5.74) is 0.644. The van der Waals surface area contributed by atoms with Crippen LogP contribution in [-0.4, -0.2) is 23.3 Å². The van der Waals surface area contributed by atoms with E-state index in [4.69, 9.17) is 17.4 Å². The van der Waals surface area contributed by atoms with Crippen LogP contribution in [0.2, 0.25) is 0 Å². The Morgan fingerprint density at radius 3 is 2.40 bits per heavy atom. The molecule has 1 aromatic heterocycles. The van der Waals surface area contributed by atoms with Crippen LogP contribution in [0.4, 0.5) is 11.5 Å². The molecule has 20 heavy (non-hydrogen) atoms. The summed E-state index contributed by atoms with van der Waals surface area (Å²) in [6, 6.07) is 7.73. The predicted molar refractivity (Wildman–Crippen MR) is 80.9 cm³/mol. The Morgan fingerprint density at radius 1 is 1.25 bits per heavy atom. The molecule has 1 heterocycles. The number of hydrogen-bond acceptors (Lipinski definition) is 4. The van der Waals surface area contributed by atoms with Gasteiger partial charge in [0.2, 0.25) is 10.0 Å². The molecule has 1 aromatic carbocycles. The molecule has 7 nitrogen and oxygen atoms in total. The Bertz CT molecular complexity index is 722. The van der Waals surface area contributed by atoms with E-state index < -0.39 is 10.0 Å². The molecular weight excluding hydrogens is 298 g/mol. The van der Waals surface area contributed by atoms with Gasteiger partial charge < -0.3 is 10.6 Å². The topological polar surface area (TPSA) is 102 Å². The first kappa shape index (κ1) is 14.4. The molecule has 9 heteroatoms. The monoisotopic (exact) mass is 311 g/mol. The minimum absolute atomic E-state index is 0.0478. The van der Waals surface area contributed by atoms with Crippen LogP contribution < -0.4 is 15.8 Å². The predicted octanol–water partition coefficient (Wildman–Crippen LogP) is 0.876. The van der Waals surface area contributed by atoms with Crippen LogP contribution in [0.1, 0.15) is 0 Å². The third-order valence-corrected chi connectivity index (χ3v) is 3.53. The summed E-state index contributed by atoms with van der Waals surface area (Å²) in [4.78, 5) is 0.0478. The second kappa shape index (κ2) is 5.57. The van der Waals surface area contributed by atoms with Gasteiger partial charge in [-0.05, 0) is 36.5 Å². The number of nitrogens with two attached hydrogens (primary N) is 1. The Balaban J connectivity index is 2.01. The molecule has 0 amide bonds. The summed E-state index contributed by atoms with van der Waals surface area (Å²) in [5, 5.41) is 15.3. The Hall–Kier alpha value is -1.97. The SMILES string of the molecule is Cn1ccc(NC(=S)Nc2ccc(S(N)(=O)=O)cc2)n1. The fourth-order valence-electron chi connectivity index (χ4n) is 1.49. The number of rotatable bonds is 3. The van der Waals surface area contributed by atoms with Gasteiger partial charge in [0.05, 0.1) is 4.90 Å². The molecule has 0 fully saturated rings. The highest BCUT2D eigenvalue weighted by molar-refractivity contribution is 7.89. The molecule has 0 spiro atoms. The van der Waals surface area contributed by atoms with E-state index in [2.05, 4.69) is 15.7 Å². The first-order valence-electron chi connectivity index (χ1n) is 5.55. The summed E-state index contributed by atoms with van der Waals surface area (Å²) < 4.78 is 23.9. The summed E-state index contributed by atoms with van der Waals surface area (Å²) in [6.07, 6.45) is 1.78. The molecule has 2 rings (SSSR count). The van der Waals surface area contributed by atoms with Crippen LogP contribution in [0.5, 0.6) is 0 Å². The minimum Gasteiger partial charge on any atom is -0.332 e. The lowest BCUT2D eigenvalue weighted by Gasteiger charge is -2.08. The van der Waals surface area contributed by atoms with Crippen molar-refractivity contribution in [2.24, 2.45) is 12.2 Å². The van der Waals surface area contributed by atoms with Gasteiger partial charge in [-0.25, -0.2) is 13.6 Å². The van der Waals surface area contributed by atoms with Crippen molar-refractivity contribution >= 4 is 38.9 Å². The first-order chi connectivity index (χ1) is 9.34. The van der Waals surface area contributed by atoms with E-state index in [0.717, 1.165) is 0 Å². The standard InChI is InChI=1S/C11H13N5O2S2/c1-16-7-6-10(15-16)14-11(19)13-8-2-4-9(5-3-8)20(12,17)18/h2-7H,1H3,(H2,12,17,18)(H2,13,14,15,19). The quantitative estimate of drug-likeness (QED) is 0.727. The number of primary sulfonamides is 1. The van der Waals surface area contributed by atoms with E-state index in [1.54, 1.807) is 36.1 Å². The van der Waals surface area contributed by atoms with Crippen LogP contribution in [0.3, 0.4) is 0 Å². The average Bonchev–Trinajstić information content (AvgIpc) is 2.74. The smallest absolute Gasteiger partial charge is 0.238 e. The zero-order valence-electron chi connectivity index (χ0n) is 10.6. The molecule has 0 saturated carbocycles. The maximum Gasteiger partial charge on any atom is 0.238 e. The van der Waals surface area contributed by atoms with Gasteiger partial charge in [0.25, 0.3) is 0 Å². The van der Waals surface area contributed by atoms with Crippen molar-refractivity contribution in [3.8, 4) is 0 Å². The van der Waals surface area contributed by atoms with E-state index in [-0.39, 0.29) is 4.90 Å². The van der Waals surface area contributed by atoms with E-state index >= 15 is 0 Å². The number of aryl methyl sites for hydroxylation is 1. The Labute approximate surface area is 121 Å². The highest BCUT2D eigenvalue weighted by Crippen LogP contribution is 2.13. The molecule has 0 aliphatic rings. The lowest BCUT2D eigenvalue weighted by atomic mass is 10.3. The molecule has 2 aromatic rings. The average molecular weight is 311 g/mol. The number of hydrogen-bond donors (Lipinski definition) is 3. The van der Waals surface area contributed by atoms with Crippen LogP contribution in [0.25, 0.3) is 0 Å². The second-order valence-electron chi connectivity index (χ2n) is 4.02. The highest BCUT2D eigenvalue weighted by Gasteiger charge is 2.07. The summed E-state index contributed by atoms with van der Waals surface area (Å²) in [5.74, 6) is 0.617. The van der Waals surface area contributed by atoms with Crippen molar-refractivity contribution < 1.29 is 8.42 Å². The van der Waals surface area contributed by atoms with Gasteiger partial charge in [-0.1, -0.05) is 0 Å². The number of aromatic nitrogens is 2. The minimum atomic E-state index is -3.68. The summed E-state index contributed by atoms with van der Waals surface area (Å²) >= 11 is 5.12. The Morgan fingerprint density at radius 2 is 1.90 bits per heavy atom. The van der Waals surface area contributed by atoms with Crippen LogP contribution in [0, 0.1) is 0 Å². The molecular formula is C11H13N5O2S2. The van der Waals surface area contributed by atoms with E-state index in [1.165, 1.54) is 12.1 Å². The van der Waals surface area contributed by atoms with Crippen LogP contribution >= 0.6 is 12.2 Å². The maximum atomic E-state index is 11.1. The number of anilines is 2. The number of nitrogens with zero attached hydrogens (tertiary/aromatic N) is 2. The fraction of sp³-hybridized carbons (Fsp3) is 0.0909. The normalized spacial score (nSPS) is 11.1. The maximum absolute atomic E-state index is 11.1. The summed E-state index contributed by atoms with van der Waals surface area (Å²) in [6.45, 7) is 0. The molecule has 0 aliphatic carbocycles. The van der Waals surface area contributed by atoms with E-state index in [1.807, 2.05) is 0 Å². The molecule has 0 radical (unpaired) electrons. The van der Waals surface area contributed by atoms with Crippen molar-refractivity contribution in [2.75, 3.05) is 10.6 Å². The highest BCUT2D eigenvalue weighted by atomic mass is 32.2. The molecule has 0 bridgehead atoms. The summed E-state index contributed by atoms with van der Waals surface area (Å²) in [7, 11) is -1.88. The molecule has 0 unspecified atom stereocenters. The van der Waals surface area contributed by atoms with Crippen molar-refractivity contribution in [3.05, 3.63) is 36.5 Å². The molecule has 4 N–H and O–H groups in total. The first-order valence-corrected chi connectivity index (χ1v) is 7.50. The van der Waals surface area contributed by atoms with Crippen molar-refractivity contribution in [3.63, 3.8) is 0 Å². The number of nitrogens with one attached hydrogen (secondary N) is 2. The number of sulfonamides is 1. The van der Waals surface area contributed by atoms with Crippen LogP contribution in [-0.2, 0) is 17.1 Å². The van der Waals surface area contributed by atoms with Gasteiger partial charge in [-0.3, -0.25) is 4.68 Å². The van der Waals surface area contributed by atoms with Gasteiger partial charge in [0, 0.05) is 25.0 Å². The van der Waals surface area contributed by atoms with Crippen molar-refractivity contribution in [2.45, 2.75) is 4.90 Å². The van der Waals surface area contributed by atoms with Gasteiger partial charge >= 0.3 is 0 Å². The van der Waals surface area contributed by atoms with Gasteiger partial charge in [0.1, 0.15) is 0 Å². The van der Waals surface area contributed by atoms with Gasteiger partial charge in [-0.2, -0.15) is 5.10 Å². The zero-order chi connectivity index (χ0) is 14.8. The molecule has 0 saturated heterocycles. The van der Waals surface area contributed by atoms with Crippen molar-refractivity contribution in [1.29, 1.82) is 0 Å².